The van der Waals surface area contributed by atoms with Crippen LogP contribution in [0.25, 0.3) is 0 Å². The highest BCUT2D eigenvalue weighted by molar-refractivity contribution is 5.18. The Balaban J connectivity index is 2.04. The molecule has 1 aromatic heterocycles. The highest BCUT2D eigenvalue weighted by atomic mass is 16.5. The minimum Gasteiger partial charge on any atom is -0.393 e. The van der Waals surface area contributed by atoms with Crippen LogP contribution in [0.15, 0.2) is 18.3 Å². The lowest BCUT2D eigenvalue weighted by Crippen LogP contribution is -2.33. The van der Waals surface area contributed by atoms with E-state index in [1.807, 2.05) is 6.07 Å². The van der Waals surface area contributed by atoms with Gasteiger partial charge in [-0.2, -0.15) is 0 Å². The van der Waals surface area contributed by atoms with Crippen molar-refractivity contribution in [2.45, 2.75) is 25.9 Å². The van der Waals surface area contributed by atoms with Crippen LogP contribution in [0.2, 0.25) is 0 Å². The highest BCUT2D eigenvalue weighted by Gasteiger charge is 2.24. The van der Waals surface area contributed by atoms with E-state index in [2.05, 4.69) is 18.0 Å². The van der Waals surface area contributed by atoms with E-state index < -0.39 is 0 Å². The number of nitrogens with zero attached hydrogens (tertiary/aromatic N) is 1. The largest absolute Gasteiger partial charge is 0.393 e. The van der Waals surface area contributed by atoms with Gasteiger partial charge < -0.3 is 9.84 Å². The van der Waals surface area contributed by atoms with Crippen LogP contribution in [0, 0.1) is 12.8 Å². The molecule has 1 aliphatic rings. The van der Waals surface area contributed by atoms with Crippen LogP contribution in [0.3, 0.4) is 0 Å². The Morgan fingerprint density at radius 1 is 1.60 bits per heavy atom. The Bertz CT molecular complexity index is 327. The Labute approximate surface area is 90.1 Å². The van der Waals surface area contributed by atoms with Crippen molar-refractivity contribution in [2.24, 2.45) is 5.92 Å². The van der Waals surface area contributed by atoms with Crippen molar-refractivity contribution in [1.29, 1.82) is 0 Å². The van der Waals surface area contributed by atoms with E-state index in [0.29, 0.717) is 13.2 Å². The maximum atomic E-state index is 9.81. The average Bonchev–Trinajstić information content (AvgIpc) is 2.24. The second-order valence-corrected chi connectivity index (χ2v) is 4.16. The predicted molar refractivity (Wildman–Crippen MR) is 57.6 cm³/mol. The third kappa shape index (κ3) is 2.55. The van der Waals surface area contributed by atoms with E-state index in [1.165, 1.54) is 5.56 Å². The lowest BCUT2D eigenvalue weighted by Gasteiger charge is -2.27. The van der Waals surface area contributed by atoms with Gasteiger partial charge in [-0.3, -0.25) is 4.98 Å². The van der Waals surface area contributed by atoms with Gasteiger partial charge in [0.05, 0.1) is 12.7 Å². The molecule has 82 valence electrons. The van der Waals surface area contributed by atoms with Gasteiger partial charge in [0.25, 0.3) is 0 Å². The zero-order chi connectivity index (χ0) is 10.7. The molecule has 2 atom stereocenters. The van der Waals surface area contributed by atoms with Crippen molar-refractivity contribution in [2.75, 3.05) is 13.2 Å². The summed E-state index contributed by atoms with van der Waals surface area (Å²) >= 11 is 0. The fourth-order valence-electron chi connectivity index (χ4n) is 1.96. The first kappa shape index (κ1) is 10.6. The standard InChI is InChI=1S/C12H17NO2/c1-9-3-2-5-13-11(9)7-10-8-15-6-4-12(10)14/h2-3,5,10,12,14H,4,6-8H2,1H3. The topological polar surface area (TPSA) is 42.4 Å². The predicted octanol–water partition coefficient (Wildman–Crippen LogP) is 1.33. The molecule has 3 nitrogen and oxygen atoms in total. The molecule has 2 unspecified atom stereocenters. The number of aryl methyl sites for hydroxylation is 1. The van der Waals surface area contributed by atoms with Crippen LogP contribution in [0.4, 0.5) is 0 Å². The van der Waals surface area contributed by atoms with Gasteiger partial charge in [0.15, 0.2) is 0 Å². The molecule has 1 N–H and O–H groups in total. The van der Waals surface area contributed by atoms with Gasteiger partial charge in [-0.05, 0) is 31.4 Å². The van der Waals surface area contributed by atoms with Gasteiger partial charge in [-0.25, -0.2) is 0 Å². The molecular formula is C12H17NO2. The van der Waals surface area contributed by atoms with Gasteiger partial charge in [0.1, 0.15) is 0 Å². The number of aliphatic hydroxyl groups is 1. The fraction of sp³-hybridized carbons (Fsp3) is 0.583. The third-order valence-electron chi connectivity index (χ3n) is 3.01. The van der Waals surface area contributed by atoms with Crippen LogP contribution >= 0.6 is 0 Å². The van der Waals surface area contributed by atoms with E-state index in [1.54, 1.807) is 6.20 Å². The number of pyridine rings is 1. The first-order chi connectivity index (χ1) is 7.27. The highest BCUT2D eigenvalue weighted by Crippen LogP contribution is 2.19. The number of aromatic nitrogens is 1. The fourth-order valence-corrected chi connectivity index (χ4v) is 1.96. The van der Waals surface area contributed by atoms with Crippen molar-refractivity contribution >= 4 is 0 Å². The number of aliphatic hydroxyl groups excluding tert-OH is 1. The minimum atomic E-state index is -0.236. The smallest absolute Gasteiger partial charge is 0.0616 e. The number of hydrogen-bond acceptors (Lipinski definition) is 3. The molecular weight excluding hydrogens is 190 g/mol. The zero-order valence-electron chi connectivity index (χ0n) is 9.02. The summed E-state index contributed by atoms with van der Waals surface area (Å²) in [6.45, 7) is 3.38. The lowest BCUT2D eigenvalue weighted by atomic mass is 9.92. The van der Waals surface area contributed by atoms with Crippen LogP contribution in [-0.2, 0) is 11.2 Å². The summed E-state index contributed by atoms with van der Waals surface area (Å²) in [6, 6.07) is 3.99. The molecule has 3 heteroatoms. The normalized spacial score (nSPS) is 26.5. The van der Waals surface area contributed by atoms with Crippen molar-refractivity contribution in [3.8, 4) is 0 Å². The van der Waals surface area contributed by atoms with Gasteiger partial charge in [0.2, 0.25) is 0 Å². The van der Waals surface area contributed by atoms with Gasteiger partial charge in [-0.15, -0.1) is 0 Å². The maximum absolute atomic E-state index is 9.81. The maximum Gasteiger partial charge on any atom is 0.0616 e. The number of hydrogen-bond donors (Lipinski definition) is 1. The molecule has 0 radical (unpaired) electrons. The lowest BCUT2D eigenvalue weighted by molar-refractivity contribution is -0.0354. The van der Waals surface area contributed by atoms with Crippen LogP contribution < -0.4 is 0 Å². The molecule has 1 fully saturated rings. The van der Waals surface area contributed by atoms with E-state index in [0.717, 1.165) is 18.5 Å². The van der Waals surface area contributed by atoms with Crippen molar-refractivity contribution < 1.29 is 9.84 Å². The Morgan fingerprint density at radius 2 is 2.47 bits per heavy atom. The summed E-state index contributed by atoms with van der Waals surface area (Å²) < 4.78 is 5.38. The summed E-state index contributed by atoms with van der Waals surface area (Å²) in [4.78, 5) is 4.34. The molecule has 2 heterocycles. The Kier molecular flexibility index (Phi) is 3.34. The van der Waals surface area contributed by atoms with Gasteiger partial charge >= 0.3 is 0 Å². The van der Waals surface area contributed by atoms with E-state index in [-0.39, 0.29) is 12.0 Å². The summed E-state index contributed by atoms with van der Waals surface area (Å²) in [5.74, 6) is 0.201. The van der Waals surface area contributed by atoms with Crippen LogP contribution in [0.5, 0.6) is 0 Å². The monoisotopic (exact) mass is 207 g/mol. The Morgan fingerprint density at radius 3 is 3.20 bits per heavy atom. The summed E-state index contributed by atoms with van der Waals surface area (Å²) in [7, 11) is 0. The van der Waals surface area contributed by atoms with Crippen LogP contribution in [-0.4, -0.2) is 29.4 Å². The summed E-state index contributed by atoms with van der Waals surface area (Å²) in [5, 5.41) is 9.81. The third-order valence-corrected chi connectivity index (χ3v) is 3.01. The molecule has 1 aromatic rings. The van der Waals surface area contributed by atoms with Crippen LogP contribution in [0.1, 0.15) is 17.7 Å². The van der Waals surface area contributed by atoms with Crippen molar-refractivity contribution in [3.63, 3.8) is 0 Å². The summed E-state index contributed by atoms with van der Waals surface area (Å²) in [6.07, 6.45) is 3.13. The molecule has 0 aromatic carbocycles. The first-order valence-corrected chi connectivity index (χ1v) is 5.43. The zero-order valence-corrected chi connectivity index (χ0v) is 9.02. The summed E-state index contributed by atoms with van der Waals surface area (Å²) in [5.41, 5.74) is 2.27. The molecule has 0 spiro atoms. The quantitative estimate of drug-likeness (QED) is 0.795. The minimum absolute atomic E-state index is 0.201. The molecule has 0 bridgehead atoms. The van der Waals surface area contributed by atoms with E-state index in [9.17, 15) is 5.11 Å². The average molecular weight is 207 g/mol. The second kappa shape index (κ2) is 4.73. The molecule has 15 heavy (non-hydrogen) atoms. The van der Waals surface area contributed by atoms with Crippen molar-refractivity contribution in [3.05, 3.63) is 29.6 Å². The van der Waals surface area contributed by atoms with Gasteiger partial charge in [0, 0.05) is 24.4 Å². The molecule has 0 amide bonds. The van der Waals surface area contributed by atoms with E-state index in [4.69, 9.17) is 4.74 Å². The Hall–Kier alpha value is -0.930. The first-order valence-electron chi connectivity index (χ1n) is 5.43. The number of ether oxygens (including phenoxy) is 1. The molecule has 2 rings (SSSR count). The van der Waals surface area contributed by atoms with Gasteiger partial charge in [-0.1, -0.05) is 6.07 Å². The molecule has 0 aliphatic carbocycles. The molecule has 0 saturated carbocycles. The van der Waals surface area contributed by atoms with E-state index >= 15 is 0 Å². The number of rotatable bonds is 2. The SMILES string of the molecule is Cc1cccnc1CC1COCCC1O. The second-order valence-electron chi connectivity index (χ2n) is 4.16. The molecule has 1 saturated heterocycles. The van der Waals surface area contributed by atoms with Crippen molar-refractivity contribution in [1.82, 2.24) is 4.98 Å². The molecule has 1 aliphatic heterocycles.